The number of benzene rings is 1. The highest BCUT2D eigenvalue weighted by atomic mass is 32.1. The number of carbonyl (C=O) groups is 2. The van der Waals surface area contributed by atoms with Gasteiger partial charge < -0.3 is 11.1 Å². The van der Waals surface area contributed by atoms with Gasteiger partial charge in [0, 0.05) is 16.3 Å². The maximum Gasteiger partial charge on any atom is 0.261 e. The van der Waals surface area contributed by atoms with E-state index >= 15 is 0 Å². The molecule has 27 heavy (non-hydrogen) atoms. The van der Waals surface area contributed by atoms with Crippen molar-refractivity contribution in [2.75, 3.05) is 0 Å². The van der Waals surface area contributed by atoms with Gasteiger partial charge in [0.15, 0.2) is 0 Å². The Bertz CT molecular complexity index is 875. The minimum absolute atomic E-state index is 0.0211. The molecule has 140 valence electrons. The largest absolute Gasteiger partial charge is 0.369 e. The fraction of sp³-hybridized carbons (Fsp3) is 0.455. The van der Waals surface area contributed by atoms with E-state index in [1.54, 1.807) is 0 Å². The van der Waals surface area contributed by atoms with E-state index in [0.29, 0.717) is 17.8 Å². The van der Waals surface area contributed by atoms with E-state index in [2.05, 4.69) is 17.4 Å². The van der Waals surface area contributed by atoms with Gasteiger partial charge in [-0.25, -0.2) is 0 Å². The fourth-order valence-corrected chi connectivity index (χ4v) is 6.92. The first-order chi connectivity index (χ1) is 13.0. The predicted molar refractivity (Wildman–Crippen MR) is 106 cm³/mol. The van der Waals surface area contributed by atoms with Gasteiger partial charge in [0.25, 0.3) is 5.91 Å². The molecule has 4 fully saturated rings. The van der Waals surface area contributed by atoms with Crippen LogP contribution in [-0.2, 0) is 4.79 Å². The summed E-state index contributed by atoms with van der Waals surface area (Å²) in [4.78, 5) is 26.8. The third-order valence-electron chi connectivity index (χ3n) is 6.98. The molecule has 1 aromatic heterocycles. The van der Waals surface area contributed by atoms with Gasteiger partial charge in [0.05, 0.1) is 4.88 Å². The highest BCUT2D eigenvalue weighted by molar-refractivity contribution is 7.17. The van der Waals surface area contributed by atoms with Crippen LogP contribution in [0.5, 0.6) is 0 Å². The summed E-state index contributed by atoms with van der Waals surface area (Å²) in [6, 6.07) is 14.3. The Morgan fingerprint density at radius 1 is 1.00 bits per heavy atom. The molecule has 4 aliphatic rings. The van der Waals surface area contributed by atoms with E-state index < -0.39 is 0 Å². The van der Waals surface area contributed by atoms with Crippen LogP contribution in [0.1, 0.15) is 41.8 Å². The molecule has 0 saturated heterocycles. The van der Waals surface area contributed by atoms with E-state index in [0.717, 1.165) is 47.4 Å². The summed E-state index contributed by atoms with van der Waals surface area (Å²) >= 11 is 1.54. The second kappa shape index (κ2) is 6.20. The van der Waals surface area contributed by atoms with Crippen molar-refractivity contribution in [3.05, 3.63) is 47.3 Å². The van der Waals surface area contributed by atoms with Crippen LogP contribution in [0.2, 0.25) is 0 Å². The molecule has 4 saturated carbocycles. The first-order valence-electron chi connectivity index (χ1n) is 9.80. The van der Waals surface area contributed by atoms with Crippen molar-refractivity contribution < 1.29 is 9.59 Å². The van der Waals surface area contributed by atoms with Crippen LogP contribution in [-0.4, -0.2) is 17.9 Å². The average Bonchev–Trinajstić information content (AvgIpc) is 3.15. The summed E-state index contributed by atoms with van der Waals surface area (Å²) in [5, 5.41) is 3.32. The Hall–Kier alpha value is -2.14. The van der Waals surface area contributed by atoms with Gasteiger partial charge in [-0.2, -0.15) is 0 Å². The zero-order valence-corrected chi connectivity index (χ0v) is 16.0. The van der Waals surface area contributed by atoms with Gasteiger partial charge in [-0.05, 0) is 67.6 Å². The van der Waals surface area contributed by atoms with Crippen LogP contribution in [0.3, 0.4) is 0 Å². The fourth-order valence-electron chi connectivity index (χ4n) is 6.00. The lowest BCUT2D eigenvalue weighted by atomic mass is 9.47. The van der Waals surface area contributed by atoms with Gasteiger partial charge in [0.1, 0.15) is 0 Å². The summed E-state index contributed by atoms with van der Waals surface area (Å²) in [6.45, 7) is 0. The van der Waals surface area contributed by atoms with Crippen molar-refractivity contribution >= 4 is 23.2 Å². The van der Waals surface area contributed by atoms with E-state index in [9.17, 15) is 9.59 Å². The van der Waals surface area contributed by atoms with Crippen LogP contribution >= 0.6 is 11.3 Å². The molecule has 1 heterocycles. The first kappa shape index (κ1) is 17.0. The van der Waals surface area contributed by atoms with E-state index in [4.69, 9.17) is 5.73 Å². The molecule has 0 aliphatic heterocycles. The number of hydrogen-bond donors (Lipinski definition) is 2. The second-order valence-corrected chi connectivity index (χ2v) is 9.73. The molecule has 5 heteroatoms. The normalized spacial score (nSPS) is 33.8. The standard InChI is InChI=1S/C22H24N2O2S/c23-21(26)22-10-13-8-15(11-22)19(16(9-13)12-22)24-20(25)18-7-6-17(27-18)14-4-2-1-3-5-14/h1-7,13,15-16,19H,8-12H2,(H2,23,26)(H,24,25). The Morgan fingerprint density at radius 3 is 2.37 bits per heavy atom. The molecule has 4 bridgehead atoms. The molecule has 4 nitrogen and oxygen atoms in total. The minimum atomic E-state index is -0.304. The van der Waals surface area contributed by atoms with Crippen LogP contribution in [0.4, 0.5) is 0 Å². The number of amides is 2. The van der Waals surface area contributed by atoms with E-state index in [-0.39, 0.29) is 23.3 Å². The Balaban J connectivity index is 1.33. The summed E-state index contributed by atoms with van der Waals surface area (Å²) in [5.41, 5.74) is 6.60. The number of primary amides is 1. The molecular formula is C22H24N2O2S. The number of nitrogens with one attached hydrogen (secondary N) is 1. The summed E-state index contributed by atoms with van der Waals surface area (Å²) in [5.74, 6) is 1.28. The lowest BCUT2D eigenvalue weighted by molar-refractivity contribution is -0.145. The third kappa shape index (κ3) is 2.80. The van der Waals surface area contributed by atoms with Crippen molar-refractivity contribution in [3.63, 3.8) is 0 Å². The number of thiophene rings is 1. The highest BCUT2D eigenvalue weighted by Gasteiger charge is 2.58. The Morgan fingerprint density at radius 2 is 1.70 bits per heavy atom. The van der Waals surface area contributed by atoms with Crippen molar-refractivity contribution in [1.82, 2.24) is 5.32 Å². The van der Waals surface area contributed by atoms with Crippen LogP contribution in [0, 0.1) is 23.2 Å². The van der Waals surface area contributed by atoms with Crippen molar-refractivity contribution in [2.45, 2.75) is 38.1 Å². The molecular weight excluding hydrogens is 356 g/mol. The zero-order valence-electron chi connectivity index (χ0n) is 15.2. The third-order valence-corrected chi connectivity index (χ3v) is 8.11. The van der Waals surface area contributed by atoms with Gasteiger partial charge in [0.2, 0.25) is 5.91 Å². The molecule has 2 amide bonds. The summed E-state index contributed by atoms with van der Waals surface area (Å²) in [6.07, 6.45) is 4.90. The van der Waals surface area contributed by atoms with Gasteiger partial charge in [-0.3, -0.25) is 9.59 Å². The highest BCUT2D eigenvalue weighted by Crippen LogP contribution is 2.59. The van der Waals surface area contributed by atoms with Crippen LogP contribution < -0.4 is 11.1 Å². The second-order valence-electron chi connectivity index (χ2n) is 8.64. The number of hydrogen-bond acceptors (Lipinski definition) is 3. The SMILES string of the molecule is NC(=O)C12CC3CC(C1)C(NC(=O)c1ccc(-c4ccccc4)s1)C(C3)C2. The summed E-state index contributed by atoms with van der Waals surface area (Å²) in [7, 11) is 0. The maximum atomic E-state index is 12.9. The lowest BCUT2D eigenvalue weighted by Crippen LogP contribution is -2.62. The van der Waals surface area contributed by atoms with Crippen molar-refractivity contribution in [1.29, 1.82) is 0 Å². The molecule has 4 aliphatic carbocycles. The predicted octanol–water partition coefficient (Wildman–Crippen LogP) is 3.83. The topological polar surface area (TPSA) is 72.2 Å². The van der Waals surface area contributed by atoms with Crippen molar-refractivity contribution in [3.8, 4) is 10.4 Å². The van der Waals surface area contributed by atoms with Gasteiger partial charge >= 0.3 is 0 Å². The number of carbonyl (C=O) groups excluding carboxylic acids is 2. The average molecular weight is 381 g/mol. The first-order valence-corrected chi connectivity index (χ1v) is 10.6. The Kier molecular flexibility index (Phi) is 3.90. The maximum absolute atomic E-state index is 12.9. The van der Waals surface area contributed by atoms with Crippen LogP contribution in [0.15, 0.2) is 42.5 Å². The van der Waals surface area contributed by atoms with Crippen molar-refractivity contribution in [2.24, 2.45) is 28.9 Å². The molecule has 3 N–H and O–H groups in total. The molecule has 6 rings (SSSR count). The molecule has 2 aromatic rings. The van der Waals surface area contributed by atoms with Gasteiger partial charge in [-0.1, -0.05) is 30.3 Å². The van der Waals surface area contributed by atoms with E-state index in [1.165, 1.54) is 11.3 Å². The van der Waals surface area contributed by atoms with Crippen LogP contribution in [0.25, 0.3) is 10.4 Å². The quantitative estimate of drug-likeness (QED) is 0.846. The molecule has 0 spiro atoms. The molecule has 1 aromatic carbocycles. The molecule has 2 atom stereocenters. The number of rotatable bonds is 4. The Labute approximate surface area is 163 Å². The summed E-state index contributed by atoms with van der Waals surface area (Å²) < 4.78 is 0. The zero-order chi connectivity index (χ0) is 18.6. The lowest BCUT2D eigenvalue weighted by Gasteiger charge is -2.58. The molecule has 2 unspecified atom stereocenters. The van der Waals surface area contributed by atoms with E-state index in [1.807, 2.05) is 30.3 Å². The molecule has 0 radical (unpaired) electrons. The number of nitrogens with two attached hydrogens (primary N) is 1. The monoisotopic (exact) mass is 380 g/mol. The minimum Gasteiger partial charge on any atom is -0.369 e. The van der Waals surface area contributed by atoms with Gasteiger partial charge in [-0.15, -0.1) is 11.3 Å². The smallest absolute Gasteiger partial charge is 0.261 e.